The van der Waals surface area contributed by atoms with Gasteiger partial charge in [-0.1, -0.05) is 6.58 Å². The van der Waals surface area contributed by atoms with Gasteiger partial charge in [0.05, 0.1) is 0 Å². The smallest absolute Gasteiger partial charge is 0.268 e. The van der Waals surface area contributed by atoms with E-state index in [1.807, 2.05) is 25.1 Å². The highest BCUT2D eigenvalue weighted by molar-refractivity contribution is 14.1. The van der Waals surface area contributed by atoms with Crippen molar-refractivity contribution in [2.45, 2.75) is 6.92 Å². The van der Waals surface area contributed by atoms with Gasteiger partial charge in [-0.2, -0.15) is 0 Å². The molecule has 1 heterocycles. The summed E-state index contributed by atoms with van der Waals surface area (Å²) >= 11 is 2.22. The van der Waals surface area contributed by atoms with Gasteiger partial charge in [-0.15, -0.1) is 0 Å². The number of amides is 2. The van der Waals surface area contributed by atoms with Crippen molar-refractivity contribution < 1.29 is 9.59 Å². The summed E-state index contributed by atoms with van der Waals surface area (Å²) in [4.78, 5) is 27.0. The van der Waals surface area contributed by atoms with Gasteiger partial charge in [0.25, 0.3) is 11.8 Å². The van der Waals surface area contributed by atoms with Crippen LogP contribution in [0.3, 0.4) is 0 Å². The maximum Gasteiger partial charge on any atom is 0.268 e. The van der Waals surface area contributed by atoms with E-state index in [0.29, 0.717) is 11.6 Å². The number of benzene rings is 1. The molecule has 7 heteroatoms. The predicted molar refractivity (Wildman–Crippen MR) is 93.4 cm³/mol. The van der Waals surface area contributed by atoms with Crippen LogP contribution < -0.4 is 11.1 Å². The van der Waals surface area contributed by atoms with E-state index in [1.165, 1.54) is 4.90 Å². The molecule has 1 aromatic rings. The Bertz CT molecular complexity index is 711. The zero-order chi connectivity index (χ0) is 16.6. The molecule has 1 aromatic carbocycles. The zero-order valence-corrected chi connectivity index (χ0v) is 14.8. The number of hydrogen-bond donors (Lipinski definition) is 2. The third-order valence-electron chi connectivity index (χ3n) is 3.55. The molecule has 0 atom stereocenters. The molecule has 0 radical (unpaired) electrons. The highest BCUT2D eigenvalue weighted by atomic mass is 127. The van der Waals surface area contributed by atoms with E-state index in [2.05, 4.69) is 34.5 Å². The quantitative estimate of drug-likeness (QED) is 0.584. The van der Waals surface area contributed by atoms with Crippen LogP contribution in [0.5, 0.6) is 0 Å². The van der Waals surface area contributed by atoms with E-state index in [9.17, 15) is 9.59 Å². The topological polar surface area (TPSA) is 78.7 Å². The van der Waals surface area contributed by atoms with E-state index >= 15 is 0 Å². The van der Waals surface area contributed by atoms with Crippen LogP contribution in [0.15, 0.2) is 42.0 Å². The third kappa shape index (κ3) is 2.80. The Morgan fingerprint density at radius 3 is 2.50 bits per heavy atom. The standard InChI is InChI=1S/C15H17IN4O2/c1-8-7-10(16)5-6-11(8)18-14-12(13(17)21)15(22)20(4)9(2)19(14)3/h5-7,18H,2H2,1,3-4H3,(H2,17,21). The summed E-state index contributed by atoms with van der Waals surface area (Å²) in [5, 5.41) is 3.13. The van der Waals surface area contributed by atoms with Crippen LogP contribution in [0.4, 0.5) is 5.69 Å². The largest absolute Gasteiger partial charge is 0.365 e. The molecular formula is C15H17IN4O2. The second-order valence-electron chi connectivity index (χ2n) is 5.01. The number of nitrogens with one attached hydrogen (secondary N) is 1. The second-order valence-corrected chi connectivity index (χ2v) is 6.26. The average molecular weight is 412 g/mol. The summed E-state index contributed by atoms with van der Waals surface area (Å²) in [6.07, 6.45) is 0. The summed E-state index contributed by atoms with van der Waals surface area (Å²) < 4.78 is 1.10. The minimum absolute atomic E-state index is 0.0876. The molecule has 0 aliphatic carbocycles. The number of halogens is 1. The van der Waals surface area contributed by atoms with Crippen LogP contribution >= 0.6 is 22.6 Å². The second kappa shape index (κ2) is 5.99. The van der Waals surface area contributed by atoms with Crippen molar-refractivity contribution in [1.82, 2.24) is 9.80 Å². The summed E-state index contributed by atoms with van der Waals surface area (Å²) in [6.45, 7) is 5.80. The van der Waals surface area contributed by atoms with Gasteiger partial charge in [0.15, 0.2) is 0 Å². The van der Waals surface area contributed by atoms with Gasteiger partial charge in [0.2, 0.25) is 0 Å². The van der Waals surface area contributed by atoms with Gasteiger partial charge in [0, 0.05) is 23.4 Å². The fourth-order valence-electron chi connectivity index (χ4n) is 2.17. The van der Waals surface area contributed by atoms with Crippen LogP contribution in [0.1, 0.15) is 5.56 Å². The Morgan fingerprint density at radius 1 is 1.32 bits per heavy atom. The number of hydrogen-bond acceptors (Lipinski definition) is 4. The summed E-state index contributed by atoms with van der Waals surface area (Å²) in [5.74, 6) is -0.450. The van der Waals surface area contributed by atoms with Gasteiger partial charge in [-0.25, -0.2) is 0 Å². The summed E-state index contributed by atoms with van der Waals surface area (Å²) in [7, 11) is 3.27. The molecule has 6 nitrogen and oxygen atoms in total. The first-order valence-corrected chi connectivity index (χ1v) is 7.60. The zero-order valence-electron chi connectivity index (χ0n) is 12.6. The minimum Gasteiger partial charge on any atom is -0.365 e. The van der Waals surface area contributed by atoms with Gasteiger partial charge in [-0.05, 0) is 53.3 Å². The molecule has 0 unspecified atom stereocenters. The van der Waals surface area contributed by atoms with Crippen LogP contribution in [0.25, 0.3) is 0 Å². The number of carbonyl (C=O) groups is 2. The van der Waals surface area contributed by atoms with E-state index < -0.39 is 11.8 Å². The van der Waals surface area contributed by atoms with Gasteiger partial charge in [0.1, 0.15) is 17.2 Å². The number of likely N-dealkylation sites (N-methyl/N-ethyl adjacent to an activating group) is 1. The van der Waals surface area contributed by atoms with Crippen molar-refractivity contribution in [1.29, 1.82) is 0 Å². The molecule has 1 aliphatic rings. The number of aryl methyl sites for hydroxylation is 1. The van der Waals surface area contributed by atoms with Gasteiger partial charge < -0.3 is 16.0 Å². The van der Waals surface area contributed by atoms with Crippen molar-refractivity contribution >= 4 is 40.1 Å². The van der Waals surface area contributed by atoms with Crippen LogP contribution in [-0.4, -0.2) is 35.7 Å². The molecule has 1 aliphatic heterocycles. The first-order chi connectivity index (χ1) is 10.2. The first kappa shape index (κ1) is 16.3. The van der Waals surface area contributed by atoms with Crippen LogP contribution in [0, 0.1) is 10.5 Å². The Balaban J connectivity index is 2.54. The molecule has 0 saturated carbocycles. The molecule has 2 rings (SSSR count). The first-order valence-electron chi connectivity index (χ1n) is 6.52. The lowest BCUT2D eigenvalue weighted by Crippen LogP contribution is -2.46. The lowest BCUT2D eigenvalue weighted by atomic mass is 10.1. The third-order valence-corrected chi connectivity index (χ3v) is 4.22. The van der Waals surface area contributed by atoms with E-state index in [-0.39, 0.29) is 5.57 Å². The molecule has 2 amide bonds. The molecule has 22 heavy (non-hydrogen) atoms. The van der Waals surface area contributed by atoms with E-state index in [0.717, 1.165) is 14.8 Å². The minimum atomic E-state index is -0.776. The number of rotatable bonds is 3. The predicted octanol–water partition coefficient (Wildman–Crippen LogP) is 1.58. The van der Waals surface area contributed by atoms with E-state index in [4.69, 9.17) is 5.73 Å². The molecule has 0 aromatic heterocycles. The Morgan fingerprint density at radius 2 is 1.95 bits per heavy atom. The molecule has 0 spiro atoms. The normalized spacial score (nSPS) is 15.5. The summed E-state index contributed by atoms with van der Waals surface area (Å²) in [5.41, 5.74) is 7.10. The Labute approximate surface area is 142 Å². The number of primary amides is 1. The molecular weight excluding hydrogens is 395 g/mol. The maximum absolute atomic E-state index is 12.3. The van der Waals surface area contributed by atoms with Gasteiger partial charge >= 0.3 is 0 Å². The maximum atomic E-state index is 12.3. The molecule has 116 valence electrons. The number of anilines is 1. The summed E-state index contributed by atoms with van der Waals surface area (Å²) in [6, 6.07) is 5.83. The van der Waals surface area contributed by atoms with E-state index in [1.54, 1.807) is 19.0 Å². The van der Waals surface area contributed by atoms with Crippen LogP contribution in [0.2, 0.25) is 0 Å². The Kier molecular flexibility index (Phi) is 4.45. The lowest BCUT2D eigenvalue weighted by molar-refractivity contribution is -0.129. The number of nitrogens with zero attached hydrogens (tertiary/aromatic N) is 2. The average Bonchev–Trinajstić information content (AvgIpc) is 2.44. The van der Waals surface area contributed by atoms with Crippen LogP contribution in [-0.2, 0) is 9.59 Å². The highest BCUT2D eigenvalue weighted by Gasteiger charge is 2.34. The monoisotopic (exact) mass is 412 g/mol. The molecule has 0 bridgehead atoms. The van der Waals surface area contributed by atoms with Gasteiger partial charge in [-0.3, -0.25) is 14.5 Å². The van der Waals surface area contributed by atoms with Crippen molar-refractivity contribution in [3.8, 4) is 0 Å². The number of carbonyl (C=O) groups excluding carboxylic acids is 2. The highest BCUT2D eigenvalue weighted by Crippen LogP contribution is 2.27. The van der Waals surface area contributed by atoms with Crippen molar-refractivity contribution in [2.75, 3.05) is 19.4 Å². The fraction of sp³-hybridized carbons (Fsp3) is 0.200. The molecule has 3 N–H and O–H groups in total. The van der Waals surface area contributed by atoms with Crippen molar-refractivity contribution in [3.05, 3.63) is 51.1 Å². The molecule has 0 fully saturated rings. The SMILES string of the molecule is C=C1N(C)C(=O)C(C(N)=O)=C(Nc2ccc(I)cc2C)N1C. The van der Waals surface area contributed by atoms with Crippen molar-refractivity contribution in [2.24, 2.45) is 5.73 Å². The lowest BCUT2D eigenvalue weighted by Gasteiger charge is -2.36. The molecule has 0 saturated heterocycles. The van der Waals surface area contributed by atoms with Crippen molar-refractivity contribution in [3.63, 3.8) is 0 Å². The Hall–Kier alpha value is -2.03. The fourth-order valence-corrected chi connectivity index (χ4v) is 2.82. The number of nitrogens with two attached hydrogens (primary N) is 1.